The molecular weight excluding hydrogens is 290 g/mol. The first-order valence-corrected chi connectivity index (χ1v) is 7.62. The van der Waals surface area contributed by atoms with E-state index in [9.17, 15) is 9.59 Å². The number of nitrogens with two attached hydrogens (primary N) is 1. The molecule has 1 aliphatic rings. The Morgan fingerprint density at radius 1 is 1.19 bits per heavy atom. The van der Waals surface area contributed by atoms with Crippen LogP contribution in [0.4, 0.5) is 0 Å². The second-order valence-electron chi connectivity index (χ2n) is 6.74. The normalized spacial score (nSPS) is 17.5. The van der Waals surface area contributed by atoms with Gasteiger partial charge in [-0.2, -0.15) is 0 Å². The van der Waals surface area contributed by atoms with Crippen molar-refractivity contribution in [1.82, 2.24) is 10.6 Å². The number of carbonyl (C=O) groups excluding carboxylic acids is 2. The highest BCUT2D eigenvalue weighted by Crippen LogP contribution is 2.26. The number of halogens is 1. The Hall–Kier alpha value is -0.810. The maximum atomic E-state index is 11.9. The van der Waals surface area contributed by atoms with Crippen molar-refractivity contribution in [3.63, 3.8) is 0 Å². The van der Waals surface area contributed by atoms with E-state index >= 15 is 0 Å². The molecule has 124 valence electrons. The van der Waals surface area contributed by atoms with Crippen LogP contribution in [0, 0.1) is 11.3 Å². The van der Waals surface area contributed by atoms with Crippen LogP contribution in [0.1, 0.15) is 52.9 Å². The minimum Gasteiger partial charge on any atom is -0.350 e. The second-order valence-corrected chi connectivity index (χ2v) is 6.74. The zero-order chi connectivity index (χ0) is 15.2. The molecule has 0 saturated heterocycles. The Kier molecular flexibility index (Phi) is 8.90. The third-order valence-corrected chi connectivity index (χ3v) is 3.91. The first-order valence-electron chi connectivity index (χ1n) is 7.62. The smallest absolute Gasteiger partial charge is 0.239 e. The third kappa shape index (κ3) is 7.14. The van der Waals surface area contributed by atoms with Gasteiger partial charge in [0, 0.05) is 18.0 Å². The molecule has 1 aliphatic carbocycles. The van der Waals surface area contributed by atoms with Crippen molar-refractivity contribution in [1.29, 1.82) is 0 Å². The van der Waals surface area contributed by atoms with Crippen LogP contribution in [0.5, 0.6) is 0 Å². The van der Waals surface area contributed by atoms with Crippen molar-refractivity contribution in [3.05, 3.63) is 0 Å². The van der Waals surface area contributed by atoms with E-state index in [1.54, 1.807) is 0 Å². The van der Waals surface area contributed by atoms with Crippen molar-refractivity contribution in [2.24, 2.45) is 17.1 Å². The van der Waals surface area contributed by atoms with Crippen molar-refractivity contribution in [2.45, 2.75) is 58.9 Å². The van der Waals surface area contributed by atoms with Crippen LogP contribution in [0.3, 0.4) is 0 Å². The number of carbonyl (C=O) groups is 2. The van der Waals surface area contributed by atoms with Gasteiger partial charge in [-0.15, -0.1) is 12.4 Å². The number of hydrogen-bond donors (Lipinski definition) is 3. The summed E-state index contributed by atoms with van der Waals surface area (Å²) in [6.07, 6.45) is 5.99. The number of amides is 2. The summed E-state index contributed by atoms with van der Waals surface area (Å²) in [6.45, 7) is 5.96. The van der Waals surface area contributed by atoms with E-state index in [0.717, 1.165) is 12.8 Å². The van der Waals surface area contributed by atoms with Gasteiger partial charge < -0.3 is 16.4 Å². The van der Waals surface area contributed by atoms with Gasteiger partial charge >= 0.3 is 0 Å². The Balaban J connectivity index is 0.00000400. The van der Waals surface area contributed by atoms with E-state index in [0.29, 0.717) is 12.5 Å². The van der Waals surface area contributed by atoms with Crippen LogP contribution in [0.2, 0.25) is 0 Å². The monoisotopic (exact) mass is 319 g/mol. The first kappa shape index (κ1) is 20.2. The maximum Gasteiger partial charge on any atom is 0.239 e. The Morgan fingerprint density at radius 3 is 2.24 bits per heavy atom. The molecule has 0 aliphatic heterocycles. The van der Waals surface area contributed by atoms with Gasteiger partial charge in [0.2, 0.25) is 11.8 Å². The number of rotatable bonds is 5. The van der Waals surface area contributed by atoms with Crippen LogP contribution >= 0.6 is 12.4 Å². The fraction of sp³-hybridized carbons (Fsp3) is 0.867. The zero-order valence-electron chi connectivity index (χ0n) is 13.4. The van der Waals surface area contributed by atoms with Crippen LogP contribution in [-0.4, -0.2) is 30.9 Å². The molecule has 1 fully saturated rings. The van der Waals surface area contributed by atoms with Gasteiger partial charge in [-0.1, -0.05) is 40.0 Å². The molecule has 5 nitrogen and oxygen atoms in total. The molecule has 21 heavy (non-hydrogen) atoms. The number of hydrogen-bond acceptors (Lipinski definition) is 3. The van der Waals surface area contributed by atoms with Crippen LogP contribution in [-0.2, 0) is 9.59 Å². The molecule has 0 aromatic carbocycles. The summed E-state index contributed by atoms with van der Waals surface area (Å²) in [5.41, 5.74) is 5.30. The van der Waals surface area contributed by atoms with E-state index in [-0.39, 0.29) is 36.8 Å². The summed E-state index contributed by atoms with van der Waals surface area (Å²) in [5.74, 6) is 0.217. The van der Waals surface area contributed by atoms with Gasteiger partial charge in [-0.25, -0.2) is 0 Å². The average Bonchev–Trinajstić information content (AvgIpc) is 2.42. The molecule has 0 radical (unpaired) electrons. The van der Waals surface area contributed by atoms with Gasteiger partial charge in [0.1, 0.15) is 0 Å². The lowest BCUT2D eigenvalue weighted by Crippen LogP contribution is -2.50. The summed E-state index contributed by atoms with van der Waals surface area (Å²) in [4.78, 5) is 23.6. The fourth-order valence-corrected chi connectivity index (χ4v) is 2.59. The topological polar surface area (TPSA) is 84.2 Å². The molecule has 6 heteroatoms. The largest absolute Gasteiger partial charge is 0.350 e. The molecule has 4 N–H and O–H groups in total. The summed E-state index contributed by atoms with van der Waals surface area (Å²) in [7, 11) is 0. The van der Waals surface area contributed by atoms with E-state index in [1.807, 2.05) is 20.8 Å². The first-order chi connectivity index (χ1) is 9.34. The summed E-state index contributed by atoms with van der Waals surface area (Å²) in [6, 6.07) is 0.0364. The fourth-order valence-electron chi connectivity index (χ4n) is 2.59. The standard InChI is InChI=1S/C15H29N3O2.ClH/c1-15(2,3)14(20)17-10-13(19)18-12(9-16)11-7-5-4-6-8-11;/h11-12H,4-10,16H2,1-3H3,(H,17,20)(H,18,19);1H. The molecule has 0 heterocycles. The lowest BCUT2D eigenvalue weighted by molar-refractivity contribution is -0.131. The molecular formula is C15H30ClN3O2. The van der Waals surface area contributed by atoms with E-state index < -0.39 is 5.41 Å². The quantitative estimate of drug-likeness (QED) is 0.719. The van der Waals surface area contributed by atoms with Gasteiger partial charge in [0.15, 0.2) is 0 Å². The highest BCUT2D eigenvalue weighted by Gasteiger charge is 2.25. The molecule has 0 aromatic heterocycles. The minimum atomic E-state index is -0.475. The number of nitrogens with one attached hydrogen (secondary N) is 2. The summed E-state index contributed by atoms with van der Waals surface area (Å²) in [5, 5.41) is 5.63. The van der Waals surface area contributed by atoms with Gasteiger partial charge in [0.25, 0.3) is 0 Å². The second kappa shape index (κ2) is 9.26. The third-order valence-electron chi connectivity index (χ3n) is 3.91. The molecule has 1 atom stereocenters. The molecule has 0 bridgehead atoms. The van der Waals surface area contributed by atoms with E-state index in [1.165, 1.54) is 19.3 Å². The Labute approximate surface area is 134 Å². The Morgan fingerprint density at radius 2 is 1.76 bits per heavy atom. The lowest BCUT2D eigenvalue weighted by Gasteiger charge is -2.30. The van der Waals surface area contributed by atoms with Gasteiger partial charge in [-0.05, 0) is 18.8 Å². The molecule has 2 amide bonds. The van der Waals surface area contributed by atoms with Crippen molar-refractivity contribution in [3.8, 4) is 0 Å². The molecule has 1 rings (SSSR count). The van der Waals surface area contributed by atoms with E-state index in [2.05, 4.69) is 10.6 Å². The van der Waals surface area contributed by atoms with E-state index in [4.69, 9.17) is 5.73 Å². The SMILES string of the molecule is CC(C)(C)C(=O)NCC(=O)NC(CN)C1CCCCC1.Cl. The van der Waals surface area contributed by atoms with Gasteiger partial charge in [0.05, 0.1) is 6.54 Å². The van der Waals surface area contributed by atoms with Crippen molar-refractivity contribution >= 4 is 24.2 Å². The molecule has 1 saturated carbocycles. The lowest BCUT2D eigenvalue weighted by atomic mass is 9.84. The molecule has 1 unspecified atom stereocenters. The molecule has 0 spiro atoms. The summed E-state index contributed by atoms with van der Waals surface area (Å²) < 4.78 is 0. The summed E-state index contributed by atoms with van der Waals surface area (Å²) >= 11 is 0. The maximum absolute atomic E-state index is 11.9. The van der Waals surface area contributed by atoms with Crippen molar-refractivity contribution < 1.29 is 9.59 Å². The Bertz CT molecular complexity index is 336. The predicted molar refractivity (Wildman–Crippen MR) is 87.3 cm³/mol. The van der Waals surface area contributed by atoms with Crippen LogP contribution in [0.25, 0.3) is 0 Å². The highest BCUT2D eigenvalue weighted by atomic mass is 35.5. The highest BCUT2D eigenvalue weighted by molar-refractivity contribution is 5.87. The van der Waals surface area contributed by atoms with Crippen LogP contribution in [0.15, 0.2) is 0 Å². The average molecular weight is 320 g/mol. The minimum absolute atomic E-state index is 0. The zero-order valence-corrected chi connectivity index (χ0v) is 14.2. The van der Waals surface area contributed by atoms with Crippen molar-refractivity contribution in [2.75, 3.05) is 13.1 Å². The predicted octanol–water partition coefficient (Wildman–Crippen LogP) is 1.59. The van der Waals surface area contributed by atoms with Crippen LogP contribution < -0.4 is 16.4 Å². The van der Waals surface area contributed by atoms with Gasteiger partial charge in [-0.3, -0.25) is 9.59 Å². The molecule has 0 aromatic rings.